The first-order valence-electron chi connectivity index (χ1n) is 5.88. The van der Waals surface area contributed by atoms with Crippen LogP contribution in [0.1, 0.15) is 16.7 Å². The zero-order chi connectivity index (χ0) is 13.5. The van der Waals surface area contributed by atoms with E-state index in [0.29, 0.717) is 17.8 Å². The van der Waals surface area contributed by atoms with E-state index in [-0.39, 0.29) is 0 Å². The lowest BCUT2D eigenvalue weighted by atomic mass is 10.1. The fraction of sp³-hybridized carbons (Fsp3) is 0.0667. The van der Waals surface area contributed by atoms with E-state index in [9.17, 15) is 0 Å². The number of benzene rings is 2. The summed E-state index contributed by atoms with van der Waals surface area (Å²) in [4.78, 5) is 0. The third-order valence-corrected chi connectivity index (χ3v) is 2.55. The van der Waals surface area contributed by atoms with Crippen molar-refractivity contribution in [3.63, 3.8) is 0 Å². The van der Waals surface area contributed by atoms with Crippen LogP contribution in [0.5, 0.6) is 0 Å². The van der Waals surface area contributed by atoms with E-state index in [4.69, 9.17) is 11.0 Å². The number of hydrogen-bond donors (Lipinski definition) is 2. The maximum Gasteiger partial charge on any atom is 0.0991 e. The highest BCUT2D eigenvalue weighted by molar-refractivity contribution is 5.80. The van der Waals surface area contributed by atoms with Crippen molar-refractivity contribution < 1.29 is 0 Å². The molecule has 0 unspecified atom stereocenters. The highest BCUT2D eigenvalue weighted by Crippen LogP contribution is 2.05. The molecule has 0 fully saturated rings. The molecule has 2 rings (SSSR count). The minimum atomic E-state index is 0.578. The van der Waals surface area contributed by atoms with Crippen molar-refractivity contribution in [3.8, 4) is 6.07 Å². The van der Waals surface area contributed by atoms with Gasteiger partial charge >= 0.3 is 0 Å². The van der Waals surface area contributed by atoms with E-state index >= 15 is 0 Å². The molecule has 94 valence electrons. The Morgan fingerprint density at radius 2 is 2.05 bits per heavy atom. The van der Waals surface area contributed by atoms with Crippen LogP contribution in [0.4, 0.5) is 5.69 Å². The summed E-state index contributed by atoms with van der Waals surface area (Å²) >= 11 is 0. The lowest BCUT2D eigenvalue weighted by molar-refractivity contribution is 0.748. The average Bonchev–Trinajstić information content (AvgIpc) is 2.44. The molecule has 0 saturated carbocycles. The van der Waals surface area contributed by atoms with Crippen LogP contribution in [0.2, 0.25) is 0 Å². The molecule has 0 amide bonds. The number of anilines is 1. The van der Waals surface area contributed by atoms with Gasteiger partial charge in [-0.2, -0.15) is 10.4 Å². The van der Waals surface area contributed by atoms with E-state index in [1.54, 1.807) is 12.3 Å². The summed E-state index contributed by atoms with van der Waals surface area (Å²) in [6, 6.07) is 17.0. The topological polar surface area (TPSA) is 74.2 Å². The maximum absolute atomic E-state index is 8.80. The molecular formula is C15H14N4. The Bertz CT molecular complexity index is 626. The number of nitrogens with two attached hydrogens (primary N) is 1. The van der Waals surface area contributed by atoms with Gasteiger partial charge in [-0.25, -0.2) is 0 Å². The first-order chi connectivity index (χ1) is 9.28. The van der Waals surface area contributed by atoms with E-state index < -0.39 is 0 Å². The monoisotopic (exact) mass is 250 g/mol. The number of nitriles is 1. The van der Waals surface area contributed by atoms with Crippen LogP contribution in [0.25, 0.3) is 0 Å². The maximum atomic E-state index is 8.80. The average molecular weight is 250 g/mol. The van der Waals surface area contributed by atoms with Gasteiger partial charge in [0.15, 0.2) is 0 Å². The van der Waals surface area contributed by atoms with Gasteiger partial charge in [0.1, 0.15) is 0 Å². The first-order valence-corrected chi connectivity index (χ1v) is 5.88. The van der Waals surface area contributed by atoms with Crippen LogP contribution in [0.3, 0.4) is 0 Å². The van der Waals surface area contributed by atoms with E-state index in [2.05, 4.69) is 16.6 Å². The van der Waals surface area contributed by atoms with Crippen LogP contribution in [-0.4, -0.2) is 6.21 Å². The smallest absolute Gasteiger partial charge is 0.0991 e. The van der Waals surface area contributed by atoms with E-state index in [1.807, 2.05) is 42.5 Å². The summed E-state index contributed by atoms with van der Waals surface area (Å²) in [6.07, 6.45) is 1.71. The van der Waals surface area contributed by atoms with Gasteiger partial charge in [0.05, 0.1) is 24.4 Å². The normalized spacial score (nSPS) is 10.3. The Morgan fingerprint density at radius 3 is 2.84 bits per heavy atom. The highest BCUT2D eigenvalue weighted by Gasteiger charge is 1.93. The first kappa shape index (κ1) is 12.7. The van der Waals surface area contributed by atoms with Crippen molar-refractivity contribution in [2.75, 3.05) is 5.73 Å². The molecule has 0 aliphatic heterocycles. The van der Waals surface area contributed by atoms with Crippen molar-refractivity contribution >= 4 is 11.9 Å². The molecule has 0 spiro atoms. The van der Waals surface area contributed by atoms with Gasteiger partial charge in [0, 0.05) is 5.69 Å². The third kappa shape index (κ3) is 3.86. The Labute approximate surface area is 112 Å². The summed E-state index contributed by atoms with van der Waals surface area (Å²) in [5, 5.41) is 12.9. The van der Waals surface area contributed by atoms with Gasteiger partial charge in [0.2, 0.25) is 0 Å². The van der Waals surface area contributed by atoms with Crippen LogP contribution < -0.4 is 11.2 Å². The Morgan fingerprint density at radius 1 is 1.21 bits per heavy atom. The molecule has 0 aromatic heterocycles. The second kappa shape index (κ2) is 6.22. The molecule has 0 bridgehead atoms. The Balaban J connectivity index is 1.91. The quantitative estimate of drug-likeness (QED) is 0.496. The molecule has 3 N–H and O–H groups in total. The highest BCUT2D eigenvalue weighted by atomic mass is 15.3. The number of hydrazone groups is 1. The molecule has 0 heterocycles. The van der Waals surface area contributed by atoms with Crippen LogP contribution >= 0.6 is 0 Å². The molecule has 4 nitrogen and oxygen atoms in total. The van der Waals surface area contributed by atoms with Gasteiger partial charge in [-0.3, -0.25) is 0 Å². The molecule has 0 radical (unpaired) electrons. The molecule has 0 atom stereocenters. The fourth-order valence-electron chi connectivity index (χ4n) is 1.65. The summed E-state index contributed by atoms with van der Waals surface area (Å²) in [6.45, 7) is 0.578. The molecule has 4 heteroatoms. The third-order valence-electron chi connectivity index (χ3n) is 2.55. The van der Waals surface area contributed by atoms with Gasteiger partial charge in [-0.05, 0) is 35.4 Å². The zero-order valence-electron chi connectivity index (χ0n) is 10.4. The van der Waals surface area contributed by atoms with Crippen LogP contribution in [0.15, 0.2) is 53.6 Å². The molecule has 0 aliphatic carbocycles. The predicted octanol–water partition coefficient (Wildman–Crippen LogP) is 2.26. The molecule has 0 saturated heterocycles. The van der Waals surface area contributed by atoms with E-state index in [0.717, 1.165) is 11.1 Å². The zero-order valence-corrected chi connectivity index (χ0v) is 10.4. The van der Waals surface area contributed by atoms with Crippen molar-refractivity contribution in [3.05, 3.63) is 65.2 Å². The van der Waals surface area contributed by atoms with Crippen molar-refractivity contribution in [2.24, 2.45) is 5.10 Å². The largest absolute Gasteiger partial charge is 0.399 e. The van der Waals surface area contributed by atoms with Crippen LogP contribution in [0, 0.1) is 11.3 Å². The number of hydrogen-bond acceptors (Lipinski definition) is 4. The molecule has 0 aliphatic rings. The lowest BCUT2D eigenvalue weighted by Crippen LogP contribution is -2.05. The van der Waals surface area contributed by atoms with Crippen molar-refractivity contribution in [1.82, 2.24) is 5.43 Å². The fourth-order valence-corrected chi connectivity index (χ4v) is 1.65. The molecule has 2 aromatic carbocycles. The number of nitrogens with zero attached hydrogens (tertiary/aromatic N) is 2. The second-order valence-electron chi connectivity index (χ2n) is 4.08. The minimum absolute atomic E-state index is 0.578. The van der Waals surface area contributed by atoms with Gasteiger partial charge in [0.25, 0.3) is 0 Å². The van der Waals surface area contributed by atoms with Gasteiger partial charge in [-0.1, -0.05) is 24.3 Å². The summed E-state index contributed by atoms with van der Waals surface area (Å²) < 4.78 is 0. The second-order valence-corrected chi connectivity index (χ2v) is 4.08. The summed E-state index contributed by atoms with van der Waals surface area (Å²) in [5.41, 5.74) is 11.9. The summed E-state index contributed by atoms with van der Waals surface area (Å²) in [5.74, 6) is 0. The molecule has 2 aromatic rings. The SMILES string of the molecule is N#Cc1cccc(CN/N=C/c2cccc(N)c2)c1. The Kier molecular flexibility index (Phi) is 4.14. The number of rotatable bonds is 4. The summed E-state index contributed by atoms with van der Waals surface area (Å²) in [7, 11) is 0. The lowest BCUT2D eigenvalue weighted by Gasteiger charge is -2.01. The van der Waals surface area contributed by atoms with E-state index in [1.165, 1.54) is 0 Å². The minimum Gasteiger partial charge on any atom is -0.399 e. The van der Waals surface area contributed by atoms with Crippen molar-refractivity contribution in [1.29, 1.82) is 5.26 Å². The van der Waals surface area contributed by atoms with Gasteiger partial charge in [-0.15, -0.1) is 0 Å². The predicted molar refractivity (Wildman–Crippen MR) is 76.4 cm³/mol. The number of nitrogens with one attached hydrogen (secondary N) is 1. The Hall–Kier alpha value is -2.80. The van der Waals surface area contributed by atoms with Gasteiger partial charge < -0.3 is 11.2 Å². The molecule has 19 heavy (non-hydrogen) atoms. The standard InChI is InChI=1S/C15H14N4/c16-9-12-3-1-4-13(7-12)10-18-19-11-14-5-2-6-15(17)8-14/h1-8,11,18H,10,17H2/b19-11+. The van der Waals surface area contributed by atoms with Crippen molar-refractivity contribution in [2.45, 2.75) is 6.54 Å². The molecular weight excluding hydrogens is 236 g/mol. The van der Waals surface area contributed by atoms with Crippen LogP contribution in [-0.2, 0) is 6.54 Å². The number of nitrogen functional groups attached to an aromatic ring is 1.